The smallest absolute Gasteiger partial charge is 0.306 e. The van der Waals surface area contributed by atoms with Crippen LogP contribution in [0.25, 0.3) is 0 Å². The largest absolute Gasteiger partial charge is 0.461 e. The van der Waals surface area contributed by atoms with E-state index in [4.69, 9.17) is 4.74 Å². The number of hydrogen-bond acceptors (Lipinski definition) is 9. The van der Waals surface area contributed by atoms with Crippen LogP contribution in [0.5, 0.6) is 0 Å². The second kappa shape index (κ2) is 24.5. The summed E-state index contributed by atoms with van der Waals surface area (Å²) in [6.45, 7) is 40.9. The van der Waals surface area contributed by atoms with E-state index in [0.717, 1.165) is 59.4 Å². The molecule has 0 aliphatic carbocycles. The fourth-order valence-corrected chi connectivity index (χ4v) is 6.91. The highest BCUT2D eigenvalue weighted by molar-refractivity contribution is 5.79. The van der Waals surface area contributed by atoms with Crippen molar-refractivity contribution in [2.24, 2.45) is 32.5 Å². The topological polar surface area (TPSA) is 115 Å². The van der Waals surface area contributed by atoms with Gasteiger partial charge in [-0.25, -0.2) is 19.9 Å². The first kappa shape index (κ1) is 58.0. The van der Waals surface area contributed by atoms with Crippen LogP contribution in [0.15, 0.2) is 36.4 Å². The Balaban J connectivity index is 0.000000481. The number of anilines is 1. The zero-order chi connectivity index (χ0) is 49.5. The molecule has 0 spiro atoms. The van der Waals surface area contributed by atoms with Crippen LogP contribution in [0.4, 0.5) is 5.82 Å². The molecule has 3 rings (SSSR count). The van der Waals surface area contributed by atoms with Crippen molar-refractivity contribution < 1.29 is 19.1 Å². The van der Waals surface area contributed by atoms with Crippen LogP contribution in [0.1, 0.15) is 197 Å². The summed E-state index contributed by atoms with van der Waals surface area (Å²) in [4.78, 5) is 56.2. The highest BCUT2D eigenvalue weighted by Crippen LogP contribution is 2.26. The normalized spacial score (nSPS) is 12.4. The molecule has 0 atom stereocenters. The van der Waals surface area contributed by atoms with Crippen LogP contribution in [0.2, 0.25) is 0 Å². The van der Waals surface area contributed by atoms with Gasteiger partial charge >= 0.3 is 5.97 Å². The van der Waals surface area contributed by atoms with E-state index in [0.29, 0.717) is 57.3 Å². The van der Waals surface area contributed by atoms with E-state index in [1.165, 1.54) is 5.56 Å². The molecule has 0 radical (unpaired) electrons. The Morgan fingerprint density at radius 2 is 0.938 bits per heavy atom. The minimum Gasteiger partial charge on any atom is -0.461 e. The summed E-state index contributed by atoms with van der Waals surface area (Å²) in [5.74, 6) is 2.95. The monoisotopic (exact) mass is 886 g/mol. The number of esters is 1. The van der Waals surface area contributed by atoms with Gasteiger partial charge in [-0.2, -0.15) is 0 Å². The van der Waals surface area contributed by atoms with Gasteiger partial charge in [0, 0.05) is 75.8 Å². The maximum atomic E-state index is 12.1. The molecule has 0 bridgehead atoms. The number of hydrogen-bond donors (Lipinski definition) is 0. The average molecular weight is 886 g/mol. The summed E-state index contributed by atoms with van der Waals surface area (Å²) in [6, 6.07) is 12.4. The molecule has 360 valence electrons. The molecule has 64 heavy (non-hydrogen) atoms. The van der Waals surface area contributed by atoms with E-state index in [2.05, 4.69) is 136 Å². The number of ether oxygens (including phenoxy) is 1. The van der Waals surface area contributed by atoms with Gasteiger partial charge in [0.15, 0.2) is 0 Å². The van der Waals surface area contributed by atoms with Crippen LogP contribution in [-0.4, -0.2) is 51.6 Å². The maximum Gasteiger partial charge on any atom is 0.306 e. The number of rotatable bonds is 15. The van der Waals surface area contributed by atoms with Gasteiger partial charge in [-0.05, 0) is 75.9 Å². The van der Waals surface area contributed by atoms with Crippen LogP contribution in [0.3, 0.4) is 0 Å². The van der Waals surface area contributed by atoms with Crippen molar-refractivity contribution in [3.8, 4) is 0 Å². The van der Waals surface area contributed by atoms with Crippen molar-refractivity contribution in [1.82, 2.24) is 19.9 Å². The van der Waals surface area contributed by atoms with Gasteiger partial charge in [-0.1, -0.05) is 149 Å². The van der Waals surface area contributed by atoms with Gasteiger partial charge < -0.3 is 9.64 Å². The highest BCUT2D eigenvalue weighted by atomic mass is 16.5. The number of ketones is 2. The molecule has 3 aromatic rings. The first-order valence-electron chi connectivity index (χ1n) is 23.5. The summed E-state index contributed by atoms with van der Waals surface area (Å²) >= 11 is 0. The molecule has 9 heteroatoms. The first-order chi connectivity index (χ1) is 28.8. The van der Waals surface area contributed by atoms with Gasteiger partial charge in [0.05, 0.1) is 6.42 Å². The van der Waals surface area contributed by atoms with Gasteiger partial charge in [0.25, 0.3) is 0 Å². The van der Waals surface area contributed by atoms with Crippen molar-refractivity contribution in [1.29, 1.82) is 0 Å². The number of Topliss-reactive ketones (excluding diaryl/α,β-unsaturated/α-hetero) is 2. The van der Waals surface area contributed by atoms with Gasteiger partial charge in [0.2, 0.25) is 0 Å². The van der Waals surface area contributed by atoms with Crippen molar-refractivity contribution in [3.05, 3.63) is 76.3 Å². The van der Waals surface area contributed by atoms with Crippen LogP contribution < -0.4 is 4.90 Å². The van der Waals surface area contributed by atoms with E-state index in [1.54, 1.807) is 0 Å². The van der Waals surface area contributed by atoms with E-state index < -0.39 is 0 Å². The second-order valence-corrected chi connectivity index (χ2v) is 25.4. The fraction of sp³-hybridized carbons (Fsp3) is 0.691. The molecule has 1 aromatic carbocycles. The van der Waals surface area contributed by atoms with Crippen molar-refractivity contribution in [2.75, 3.05) is 19.0 Å². The molecule has 2 aromatic heterocycles. The lowest BCUT2D eigenvalue weighted by atomic mass is 9.88. The first-order valence-corrected chi connectivity index (χ1v) is 23.5. The van der Waals surface area contributed by atoms with E-state index in [-0.39, 0.29) is 44.2 Å². The third kappa shape index (κ3) is 30.2. The molecule has 0 saturated heterocycles. The molecule has 2 heterocycles. The molecule has 0 aliphatic rings. The average Bonchev–Trinajstić information content (AvgIpc) is 3.05. The second-order valence-electron chi connectivity index (χ2n) is 25.4. The summed E-state index contributed by atoms with van der Waals surface area (Å²) in [7, 11) is 3.97. The zero-order valence-corrected chi connectivity index (χ0v) is 44.6. The Hall–Kier alpha value is -4.01. The summed E-state index contributed by atoms with van der Waals surface area (Å²) in [6.07, 6.45) is 6.85. The van der Waals surface area contributed by atoms with Crippen LogP contribution in [-0.2, 0) is 57.8 Å². The number of nitrogens with zero attached hydrogens (tertiary/aromatic N) is 5. The van der Waals surface area contributed by atoms with Crippen molar-refractivity contribution in [3.63, 3.8) is 0 Å². The van der Waals surface area contributed by atoms with E-state index >= 15 is 0 Å². The molecule has 0 N–H and O–H groups in total. The number of carbonyl (C=O) groups is 3. The molecule has 0 unspecified atom stereocenters. The Labute approximate surface area is 391 Å². The molecule has 9 nitrogen and oxygen atoms in total. The summed E-state index contributed by atoms with van der Waals surface area (Å²) < 4.78 is 5.35. The predicted molar refractivity (Wildman–Crippen MR) is 268 cm³/mol. The quantitative estimate of drug-likeness (QED) is 0.138. The number of aryl methyl sites for hydroxylation is 3. The molecule has 0 aliphatic heterocycles. The minimum atomic E-state index is -0.126. The maximum absolute atomic E-state index is 12.1. The lowest BCUT2D eigenvalue weighted by molar-refractivity contribution is -0.147. The third-order valence-electron chi connectivity index (χ3n) is 9.16. The minimum absolute atomic E-state index is 0.0227. The Morgan fingerprint density at radius 3 is 1.36 bits per heavy atom. The Morgan fingerprint density at radius 1 is 0.516 bits per heavy atom. The molecule has 0 saturated carbocycles. The summed E-state index contributed by atoms with van der Waals surface area (Å²) in [5, 5.41) is 0. The van der Waals surface area contributed by atoms with E-state index in [9.17, 15) is 14.4 Å². The summed E-state index contributed by atoms with van der Waals surface area (Å²) in [5.41, 5.74) is 6.20. The number of carbonyl (C=O) groups excluding carboxylic acids is 3. The lowest BCUT2D eigenvalue weighted by Gasteiger charge is -2.20. The molecule has 0 amide bonds. The van der Waals surface area contributed by atoms with Gasteiger partial charge in [0.1, 0.15) is 35.6 Å². The molecular weight excluding hydrogens is 795 g/mol. The lowest BCUT2D eigenvalue weighted by Crippen LogP contribution is -2.17. The highest BCUT2D eigenvalue weighted by Gasteiger charge is 2.21. The van der Waals surface area contributed by atoms with Crippen LogP contribution in [0, 0.1) is 39.4 Å². The predicted octanol–water partition coefficient (Wildman–Crippen LogP) is 13.1. The third-order valence-corrected chi connectivity index (χ3v) is 9.16. The molecular formula is C55H91N5O4. The van der Waals surface area contributed by atoms with Gasteiger partial charge in [-0.3, -0.25) is 14.4 Å². The fourth-order valence-electron chi connectivity index (χ4n) is 6.91. The Kier molecular flexibility index (Phi) is 22.2. The zero-order valence-electron chi connectivity index (χ0n) is 44.6. The van der Waals surface area contributed by atoms with Gasteiger partial charge in [-0.15, -0.1) is 0 Å². The van der Waals surface area contributed by atoms with E-state index in [1.807, 2.05) is 71.0 Å². The SMILES string of the molecule is CC(C)(C)CC(=O)OCc1cccc(CC(C)(C)C)c1.CN(C)c1cc(CC(C)(C)C)nc(CCC(=O)CC(C)(C)C)n1.Cc1cc(CC(C)(C)C)nc(CCC(=O)CC(C)(C)C)n1. The Bertz CT molecular complexity index is 1920. The van der Waals surface area contributed by atoms with Crippen molar-refractivity contribution in [2.45, 2.75) is 202 Å². The molecule has 0 fully saturated rings. The van der Waals surface area contributed by atoms with Crippen molar-refractivity contribution >= 4 is 23.4 Å². The number of aromatic nitrogens is 4. The van der Waals surface area contributed by atoms with Crippen LogP contribution >= 0.6 is 0 Å². The number of benzene rings is 1. The standard InChI is InChI=1S/C19H33N3O.C18H30N2O.C18H28O2/c1-18(2,3)12-14-11-17(22(7)8)21-16(20-14)10-9-15(23)13-19(4,5)6;1-13-10-14(11-17(2,3)4)20-16(19-13)9-8-15(21)12-18(5,6)7;1-17(2,3)11-14-8-7-9-15(10-14)13-20-16(19)12-18(4,5)6/h11H,9-10,12-13H2,1-8H3;10H,8-9,11-12H2,1-7H3;7-10H,11-13H2,1-6H3.